The van der Waals surface area contributed by atoms with Gasteiger partial charge in [0.2, 0.25) is 0 Å². The Morgan fingerprint density at radius 2 is 1.36 bits per heavy atom. The van der Waals surface area contributed by atoms with Crippen LogP contribution in [-0.2, 0) is 0 Å². The quantitative estimate of drug-likeness (QED) is 0.199. The number of hydrogen-bond acceptors (Lipinski definition) is 4. The van der Waals surface area contributed by atoms with Gasteiger partial charge >= 0.3 is 0 Å². The molecule has 45 heavy (non-hydrogen) atoms. The summed E-state index contributed by atoms with van der Waals surface area (Å²) in [4.78, 5) is 8.78. The summed E-state index contributed by atoms with van der Waals surface area (Å²) < 4.78 is 173. The van der Waals surface area contributed by atoms with Gasteiger partial charge in [-0.25, -0.2) is 9.97 Å². The number of para-hydroxylation sites is 2. The number of fused-ring (bicyclic) bond motifs is 9. The van der Waals surface area contributed by atoms with E-state index in [2.05, 4.69) is 9.97 Å². The predicted molar refractivity (Wildman–Crippen MR) is 187 cm³/mol. The van der Waals surface area contributed by atoms with Crippen molar-refractivity contribution in [3.8, 4) is 28.1 Å². The van der Waals surface area contributed by atoms with Gasteiger partial charge < -0.3 is 8.98 Å². The molecule has 10 rings (SSSR count). The van der Waals surface area contributed by atoms with Crippen molar-refractivity contribution in [1.82, 2.24) is 14.5 Å². The van der Waals surface area contributed by atoms with Gasteiger partial charge in [0.05, 0.1) is 37.1 Å². The van der Waals surface area contributed by atoms with Crippen LogP contribution in [0, 0.1) is 0 Å². The van der Waals surface area contributed by atoms with Crippen LogP contribution in [0.1, 0.15) is 26.0 Å². The summed E-state index contributed by atoms with van der Waals surface area (Å²) in [6.07, 6.45) is 1.10. The second kappa shape index (κ2) is 9.36. The van der Waals surface area contributed by atoms with Crippen LogP contribution in [0.2, 0.25) is 0 Å². The van der Waals surface area contributed by atoms with E-state index in [9.17, 15) is 1.37 Å². The molecule has 0 amide bonds. The first kappa shape index (κ1) is 12.7. The van der Waals surface area contributed by atoms with Crippen molar-refractivity contribution < 1.29 is 30.5 Å². The molecular weight excluding hydrogens is 571 g/mol. The minimum atomic E-state index is -0.703. The third-order valence-electron chi connectivity index (χ3n) is 7.57. The molecule has 0 spiro atoms. The highest BCUT2D eigenvalue weighted by atomic mass is 32.1. The Kier molecular flexibility index (Phi) is 2.64. The highest BCUT2D eigenvalue weighted by Crippen LogP contribution is 2.41. The van der Waals surface area contributed by atoms with E-state index in [-0.39, 0.29) is 86.6 Å². The van der Waals surface area contributed by atoms with Crippen molar-refractivity contribution in [2.75, 3.05) is 0 Å². The van der Waals surface area contributed by atoms with Crippen LogP contribution in [0.5, 0.6) is 0 Å². The molecule has 4 heterocycles. The summed E-state index contributed by atoms with van der Waals surface area (Å²) in [6, 6.07) is -6.34. The summed E-state index contributed by atoms with van der Waals surface area (Å²) in [6.45, 7) is 0. The average Bonchev–Trinajstić information content (AvgIpc) is 3.98. The number of benzene rings is 6. The van der Waals surface area contributed by atoms with E-state index in [0.29, 0.717) is 0 Å². The van der Waals surface area contributed by atoms with Gasteiger partial charge in [0, 0.05) is 47.6 Å². The lowest BCUT2D eigenvalue weighted by atomic mass is 9.99. The first-order chi connectivity index (χ1) is 30.2. The molecule has 4 aromatic heterocycles. The van der Waals surface area contributed by atoms with Crippen LogP contribution in [0.15, 0.2) is 144 Å². The molecule has 0 saturated carbocycles. The lowest BCUT2D eigenvalue weighted by molar-refractivity contribution is 0.667. The zero-order chi connectivity index (χ0) is 46.0. The van der Waals surface area contributed by atoms with Gasteiger partial charge in [-0.05, 0) is 53.5 Å². The van der Waals surface area contributed by atoms with E-state index in [1.54, 1.807) is 0 Å². The largest absolute Gasteiger partial charge is 0.452 e. The van der Waals surface area contributed by atoms with Crippen molar-refractivity contribution >= 4 is 75.4 Å². The summed E-state index contributed by atoms with van der Waals surface area (Å²) in [5.74, 6) is 0. The fourth-order valence-corrected chi connectivity index (χ4v) is 6.72. The highest BCUT2D eigenvalue weighted by Gasteiger charge is 2.18. The van der Waals surface area contributed by atoms with Crippen molar-refractivity contribution in [1.29, 1.82) is 0 Å². The van der Waals surface area contributed by atoms with Crippen molar-refractivity contribution in [2.24, 2.45) is 0 Å². The molecule has 4 nitrogen and oxygen atoms in total. The molecule has 0 fully saturated rings. The van der Waals surface area contributed by atoms with Gasteiger partial charge in [0.25, 0.3) is 0 Å². The Balaban J connectivity index is 1.26. The average molecular weight is 613 g/mol. The Bertz CT molecular complexity index is 3780. The molecular formula is C40H23N3OS. The molecule has 0 N–H and O–H groups in total. The van der Waals surface area contributed by atoms with Crippen LogP contribution in [-0.4, -0.2) is 14.5 Å². The van der Waals surface area contributed by atoms with Crippen LogP contribution in [0.4, 0.5) is 0 Å². The van der Waals surface area contributed by atoms with Gasteiger partial charge in [0.1, 0.15) is 23.1 Å². The SMILES string of the molecule is [2H]c1c([2H])c(-c2ncnc3c2oc2ccc(-n4c5c([2H])c([2H])c([2H])c([2H])c5c5c([2H])c([2H])c([2H])c([2H])c54)cc23)c([2H])c(-c2c([2H])c([2H])c([2H])c3c2sc2c([2H])c([2H])c([2H])c([2H])c23)c1[2H]. The van der Waals surface area contributed by atoms with Gasteiger partial charge in [-0.15, -0.1) is 11.3 Å². The Hall–Kier alpha value is -5.78. The van der Waals surface area contributed by atoms with E-state index in [1.807, 2.05) is 0 Å². The summed E-state index contributed by atoms with van der Waals surface area (Å²) in [5.41, 5.74) is -1.08. The molecule has 0 aliphatic heterocycles. The summed E-state index contributed by atoms with van der Waals surface area (Å²) in [7, 11) is 0. The molecule has 0 bridgehead atoms. The summed E-state index contributed by atoms with van der Waals surface area (Å²) >= 11 is 0.787. The standard InChI is InChI=1S/C40H23N3OS/c1-4-16-33-28(11-1)29-12-2-5-17-34(29)43(33)26-19-20-35-32(22-26)38-39(44-35)37(41-23-42-38)25-10-7-9-24(21-25)27-14-8-15-31-30-13-3-6-18-36(30)45-40(27)31/h1-23H/i1D,2D,3D,4D,5D,6D,7D,8D,9D,10D,11D,12D,13D,14D,15D,16D,17D,18D,21D. The zero-order valence-electron chi connectivity index (χ0n) is 41.5. The normalized spacial score (nSPS) is 17.9. The molecule has 0 radical (unpaired) electrons. The zero-order valence-corrected chi connectivity index (χ0v) is 23.3. The van der Waals surface area contributed by atoms with E-state index >= 15 is 0 Å². The van der Waals surface area contributed by atoms with Crippen molar-refractivity contribution in [2.45, 2.75) is 0 Å². The van der Waals surface area contributed by atoms with E-state index in [1.165, 1.54) is 22.8 Å². The maximum atomic E-state index is 9.54. The fourth-order valence-electron chi connectivity index (χ4n) is 5.65. The molecule has 0 saturated heterocycles. The van der Waals surface area contributed by atoms with Crippen LogP contribution < -0.4 is 0 Å². The first-order valence-corrected chi connectivity index (χ1v) is 14.3. The number of hydrogen-bond donors (Lipinski definition) is 0. The monoisotopic (exact) mass is 612 g/mol. The van der Waals surface area contributed by atoms with E-state index < -0.39 is 120 Å². The highest BCUT2D eigenvalue weighted by molar-refractivity contribution is 7.26. The van der Waals surface area contributed by atoms with Gasteiger partial charge in [-0.1, -0.05) is 90.6 Å². The molecule has 10 aromatic rings. The maximum Gasteiger partial charge on any atom is 0.180 e. The topological polar surface area (TPSA) is 43.9 Å². The van der Waals surface area contributed by atoms with Crippen LogP contribution >= 0.6 is 11.3 Å². The molecule has 210 valence electrons. The Morgan fingerprint density at radius 3 is 2.20 bits per heavy atom. The van der Waals surface area contributed by atoms with Crippen molar-refractivity contribution in [3.05, 3.63) is 139 Å². The van der Waals surface area contributed by atoms with Gasteiger partial charge in [-0.3, -0.25) is 0 Å². The van der Waals surface area contributed by atoms with Crippen LogP contribution in [0.25, 0.3) is 92.1 Å². The number of rotatable bonds is 3. The minimum absolute atomic E-state index is 0.00182. The predicted octanol–water partition coefficient (Wildman–Crippen LogP) is 11.2. The van der Waals surface area contributed by atoms with Crippen LogP contribution in [0.3, 0.4) is 0 Å². The van der Waals surface area contributed by atoms with E-state index in [0.717, 1.165) is 17.7 Å². The van der Waals surface area contributed by atoms with Crippen molar-refractivity contribution in [3.63, 3.8) is 0 Å². The molecule has 0 unspecified atom stereocenters. The second-order valence-electron chi connectivity index (χ2n) is 9.98. The number of aromatic nitrogens is 3. The first-order valence-electron chi connectivity index (χ1n) is 22.9. The molecule has 6 aromatic carbocycles. The lowest BCUT2D eigenvalue weighted by Gasteiger charge is -2.08. The smallest absolute Gasteiger partial charge is 0.180 e. The number of nitrogens with zero attached hydrogens (tertiary/aromatic N) is 3. The maximum absolute atomic E-state index is 9.54. The molecule has 0 aliphatic rings. The summed E-state index contributed by atoms with van der Waals surface area (Å²) in [5, 5.41) is -0.159. The minimum Gasteiger partial charge on any atom is -0.452 e. The van der Waals surface area contributed by atoms with Gasteiger partial charge in [-0.2, -0.15) is 0 Å². The molecule has 0 aliphatic carbocycles. The van der Waals surface area contributed by atoms with Gasteiger partial charge in [0.15, 0.2) is 5.58 Å². The third-order valence-corrected chi connectivity index (χ3v) is 8.70. The van der Waals surface area contributed by atoms with E-state index in [4.69, 9.17) is 29.1 Å². The second-order valence-corrected chi connectivity index (χ2v) is 11.0. The Morgan fingerprint density at radius 1 is 0.644 bits per heavy atom. The third kappa shape index (κ3) is 3.59. The molecule has 5 heteroatoms. The Labute approximate surface area is 288 Å². The number of furan rings is 1. The number of thiophene rings is 1. The molecule has 0 atom stereocenters. The lowest BCUT2D eigenvalue weighted by Crippen LogP contribution is -1.93. The fraction of sp³-hybridized carbons (Fsp3) is 0.